The highest BCUT2D eigenvalue weighted by atomic mass is 32.1. The van der Waals surface area contributed by atoms with E-state index in [1.54, 1.807) is 7.11 Å². The van der Waals surface area contributed by atoms with Gasteiger partial charge in [0.05, 0.1) is 31.5 Å². The summed E-state index contributed by atoms with van der Waals surface area (Å²) in [7, 11) is 1.65. The summed E-state index contributed by atoms with van der Waals surface area (Å²) in [6.07, 6.45) is 2.32. The molecule has 0 fully saturated rings. The quantitative estimate of drug-likeness (QED) is 0.703. The van der Waals surface area contributed by atoms with E-state index in [9.17, 15) is 4.79 Å². The lowest BCUT2D eigenvalue weighted by atomic mass is 9.99. The first-order valence-corrected chi connectivity index (χ1v) is 10.8. The van der Waals surface area contributed by atoms with Gasteiger partial charge in [-0.25, -0.2) is 0 Å². The van der Waals surface area contributed by atoms with Crippen LogP contribution >= 0.6 is 12.6 Å². The lowest BCUT2D eigenvalue weighted by molar-refractivity contribution is -0.121. The predicted molar refractivity (Wildman–Crippen MR) is 128 cm³/mol. The number of carbonyl (C=O) groups excluding carboxylic acids is 1. The van der Waals surface area contributed by atoms with E-state index in [0.29, 0.717) is 13.1 Å². The molecule has 2 aliphatic rings. The number of hydrogen-bond acceptors (Lipinski definition) is 6. The minimum atomic E-state index is -0.403. The molecule has 0 saturated heterocycles. The molecule has 4 rings (SSSR count). The Hall–Kier alpha value is -3.06. The monoisotopic (exact) mass is 434 g/mol. The Bertz CT molecular complexity index is 1090. The molecule has 2 heterocycles. The Morgan fingerprint density at radius 2 is 2.03 bits per heavy atom. The second-order valence-electron chi connectivity index (χ2n) is 7.46. The Labute approximate surface area is 188 Å². The van der Waals surface area contributed by atoms with Crippen molar-refractivity contribution < 1.29 is 9.53 Å². The first-order valence-electron chi connectivity index (χ1n) is 10.4. The zero-order valence-corrected chi connectivity index (χ0v) is 18.8. The van der Waals surface area contributed by atoms with Crippen molar-refractivity contribution in [1.82, 2.24) is 5.32 Å². The minimum absolute atomic E-state index is 0.0419. The Morgan fingerprint density at radius 1 is 1.26 bits per heavy atom. The molecule has 7 heteroatoms. The van der Waals surface area contributed by atoms with Crippen LogP contribution in [0, 0.1) is 0 Å². The van der Waals surface area contributed by atoms with Crippen LogP contribution in [0.25, 0.3) is 0 Å². The van der Waals surface area contributed by atoms with Crippen LogP contribution in [0.2, 0.25) is 0 Å². The van der Waals surface area contributed by atoms with E-state index in [4.69, 9.17) is 14.7 Å². The molecule has 1 N–H and O–H groups in total. The largest absolute Gasteiger partial charge is 0.497 e. The molecule has 0 aromatic heterocycles. The molecule has 2 aromatic carbocycles. The van der Waals surface area contributed by atoms with Gasteiger partial charge in [-0.2, -0.15) is 0 Å². The molecule has 0 aliphatic carbocycles. The zero-order chi connectivity index (χ0) is 22.0. The van der Waals surface area contributed by atoms with Crippen LogP contribution in [0.15, 0.2) is 69.1 Å². The lowest BCUT2D eigenvalue weighted by Crippen LogP contribution is -2.41. The fourth-order valence-electron chi connectivity index (χ4n) is 3.92. The molecule has 0 spiro atoms. The van der Waals surface area contributed by atoms with Crippen molar-refractivity contribution >= 4 is 35.8 Å². The number of rotatable bonds is 5. The molecule has 0 saturated carbocycles. The van der Waals surface area contributed by atoms with Crippen LogP contribution in [-0.4, -0.2) is 43.7 Å². The van der Waals surface area contributed by atoms with Crippen LogP contribution < -0.4 is 15.0 Å². The third-order valence-electron chi connectivity index (χ3n) is 5.40. The lowest BCUT2D eigenvalue weighted by Gasteiger charge is -2.31. The number of amides is 1. The Kier molecular flexibility index (Phi) is 6.13. The Balaban J connectivity index is 1.94. The number of anilines is 1. The molecule has 2 aromatic rings. The summed E-state index contributed by atoms with van der Waals surface area (Å²) in [5.74, 6) is 1.50. The van der Waals surface area contributed by atoms with Crippen LogP contribution in [0.5, 0.6) is 5.75 Å². The SMILES string of the molecule is CCNC(=O)CC1N=C(c2ccc(S)cc2)c2cc(OC)ccc2N2C(C)=CCN=C12. The van der Waals surface area contributed by atoms with Crippen molar-refractivity contribution in [3.05, 3.63) is 65.4 Å². The fraction of sp³-hybridized carbons (Fsp3) is 0.292. The maximum atomic E-state index is 12.5. The predicted octanol–water partition coefficient (Wildman–Crippen LogP) is 3.85. The second-order valence-corrected chi connectivity index (χ2v) is 7.98. The van der Waals surface area contributed by atoms with Crippen LogP contribution in [-0.2, 0) is 4.79 Å². The van der Waals surface area contributed by atoms with Crippen molar-refractivity contribution in [2.24, 2.45) is 9.98 Å². The number of carbonyl (C=O) groups is 1. The molecule has 2 aliphatic heterocycles. The Morgan fingerprint density at radius 3 is 2.74 bits per heavy atom. The number of thiol groups is 1. The summed E-state index contributed by atoms with van der Waals surface area (Å²) in [4.78, 5) is 25.4. The zero-order valence-electron chi connectivity index (χ0n) is 17.9. The van der Waals surface area contributed by atoms with Gasteiger partial charge in [-0.1, -0.05) is 12.1 Å². The average molecular weight is 435 g/mol. The highest BCUT2D eigenvalue weighted by Crippen LogP contribution is 2.35. The number of methoxy groups -OCH3 is 1. The van der Waals surface area contributed by atoms with Gasteiger partial charge in [-0.3, -0.25) is 14.8 Å². The number of ether oxygens (including phenoxy) is 1. The summed E-state index contributed by atoms with van der Waals surface area (Å²) in [6, 6.07) is 13.5. The first-order chi connectivity index (χ1) is 15.0. The minimum Gasteiger partial charge on any atom is -0.497 e. The van der Waals surface area contributed by atoms with Gasteiger partial charge < -0.3 is 15.0 Å². The van der Waals surface area contributed by atoms with Crippen LogP contribution in [0.3, 0.4) is 0 Å². The summed E-state index contributed by atoms with van der Waals surface area (Å²) < 4.78 is 5.52. The first kappa shape index (κ1) is 21.2. The topological polar surface area (TPSA) is 66.3 Å². The van der Waals surface area contributed by atoms with Crippen molar-refractivity contribution in [1.29, 1.82) is 0 Å². The van der Waals surface area contributed by atoms with Crippen molar-refractivity contribution in [2.75, 3.05) is 25.1 Å². The van der Waals surface area contributed by atoms with Gasteiger partial charge in [0, 0.05) is 28.3 Å². The van der Waals surface area contributed by atoms with Gasteiger partial charge in [0.2, 0.25) is 5.91 Å². The third-order valence-corrected chi connectivity index (χ3v) is 5.70. The maximum absolute atomic E-state index is 12.5. The van der Waals surface area contributed by atoms with Crippen LogP contribution in [0.1, 0.15) is 31.4 Å². The standard InChI is InChI=1S/C24H26N4O2S/c1-4-25-22(29)14-20-24-26-12-11-15(2)28(24)21-10-7-17(30-3)13-19(21)23(27-20)16-5-8-18(31)9-6-16/h5-11,13,20,31H,4,12,14H2,1-3H3,(H,25,29). The van der Waals surface area contributed by atoms with Gasteiger partial charge in [0.1, 0.15) is 17.6 Å². The van der Waals surface area contributed by atoms with Gasteiger partial charge in [-0.05, 0) is 50.3 Å². The molecule has 6 nitrogen and oxygen atoms in total. The summed E-state index contributed by atoms with van der Waals surface area (Å²) in [5.41, 5.74) is 4.74. The molecular formula is C24H26N4O2S. The summed E-state index contributed by atoms with van der Waals surface area (Å²) >= 11 is 4.42. The summed E-state index contributed by atoms with van der Waals surface area (Å²) in [5, 5.41) is 2.90. The normalized spacial score (nSPS) is 17.5. The van der Waals surface area contributed by atoms with E-state index in [1.165, 1.54) is 0 Å². The molecule has 1 atom stereocenters. The number of aliphatic imine (C=N–C) groups is 2. The van der Waals surface area contributed by atoms with E-state index in [1.807, 2.05) is 49.4 Å². The molecule has 31 heavy (non-hydrogen) atoms. The number of nitrogens with one attached hydrogen (secondary N) is 1. The van der Waals surface area contributed by atoms with Gasteiger partial charge >= 0.3 is 0 Å². The number of fused-ring (bicyclic) bond motifs is 3. The van der Waals surface area contributed by atoms with Gasteiger partial charge in [-0.15, -0.1) is 12.6 Å². The van der Waals surface area contributed by atoms with E-state index < -0.39 is 6.04 Å². The number of allylic oxidation sites excluding steroid dienone is 1. The smallest absolute Gasteiger partial charge is 0.222 e. The fourth-order valence-corrected chi connectivity index (χ4v) is 4.07. The van der Waals surface area contributed by atoms with Gasteiger partial charge in [0.15, 0.2) is 0 Å². The number of benzene rings is 2. The van der Waals surface area contributed by atoms with Gasteiger partial charge in [0.25, 0.3) is 0 Å². The number of nitrogens with zero attached hydrogens (tertiary/aromatic N) is 3. The number of hydrogen-bond donors (Lipinski definition) is 2. The molecular weight excluding hydrogens is 408 g/mol. The molecule has 1 amide bonds. The highest BCUT2D eigenvalue weighted by Gasteiger charge is 2.33. The average Bonchev–Trinajstić information content (AvgIpc) is 2.90. The highest BCUT2D eigenvalue weighted by molar-refractivity contribution is 7.80. The van der Waals surface area contributed by atoms with Crippen LogP contribution in [0.4, 0.5) is 5.69 Å². The van der Waals surface area contributed by atoms with E-state index in [0.717, 1.165) is 44.7 Å². The molecule has 160 valence electrons. The maximum Gasteiger partial charge on any atom is 0.222 e. The molecule has 1 unspecified atom stereocenters. The van der Waals surface area contributed by atoms with Crippen molar-refractivity contribution in [3.8, 4) is 5.75 Å². The molecule has 0 bridgehead atoms. The summed E-state index contributed by atoms with van der Waals surface area (Å²) in [6.45, 7) is 5.14. The van der Waals surface area contributed by atoms with E-state index in [2.05, 4.69) is 35.8 Å². The van der Waals surface area contributed by atoms with E-state index in [-0.39, 0.29) is 12.3 Å². The van der Waals surface area contributed by atoms with Crippen molar-refractivity contribution in [2.45, 2.75) is 31.2 Å². The number of amidine groups is 1. The molecule has 0 radical (unpaired) electrons. The van der Waals surface area contributed by atoms with Crippen molar-refractivity contribution in [3.63, 3.8) is 0 Å². The second kappa shape index (κ2) is 8.98. The third kappa shape index (κ3) is 4.23. The van der Waals surface area contributed by atoms with E-state index >= 15 is 0 Å².